The molecule has 0 radical (unpaired) electrons. The third kappa shape index (κ3) is 5.64. The maximum atomic E-state index is 12.7. The van der Waals surface area contributed by atoms with E-state index in [0.717, 1.165) is 26.0 Å². The Hall–Kier alpha value is -3.63. The summed E-state index contributed by atoms with van der Waals surface area (Å²) in [5.74, 6) is 0.358. The Morgan fingerprint density at radius 2 is 1.76 bits per heavy atom. The van der Waals surface area contributed by atoms with Crippen molar-refractivity contribution >= 4 is 45.3 Å². The SMILES string of the molecule is C[C@@H](NC(=O)/C(C#N)=C\c1ccc(OCc2cccc3ccccc23)c(I)c1)c1ccccc1. The fourth-order valence-electron chi connectivity index (χ4n) is 3.71. The number of hydrogen-bond donors (Lipinski definition) is 1. The first kappa shape index (κ1) is 23.5. The molecule has 0 fully saturated rings. The molecule has 0 unspecified atom stereocenters. The van der Waals surface area contributed by atoms with Crippen LogP contribution in [-0.2, 0) is 11.4 Å². The zero-order valence-corrected chi connectivity index (χ0v) is 20.8. The van der Waals surface area contributed by atoms with Gasteiger partial charge in [-0.1, -0.05) is 78.9 Å². The van der Waals surface area contributed by atoms with Gasteiger partial charge in [-0.25, -0.2) is 0 Å². The van der Waals surface area contributed by atoms with Gasteiger partial charge in [-0.05, 0) is 75.2 Å². The lowest BCUT2D eigenvalue weighted by Gasteiger charge is -2.14. The number of carbonyl (C=O) groups is 1. The summed E-state index contributed by atoms with van der Waals surface area (Å²) in [7, 11) is 0. The van der Waals surface area contributed by atoms with Crippen LogP contribution in [0.1, 0.15) is 29.7 Å². The van der Waals surface area contributed by atoms with E-state index in [1.54, 1.807) is 6.08 Å². The average Bonchev–Trinajstić information content (AvgIpc) is 2.87. The van der Waals surface area contributed by atoms with Gasteiger partial charge in [-0.2, -0.15) is 5.26 Å². The van der Waals surface area contributed by atoms with Crippen molar-refractivity contribution < 1.29 is 9.53 Å². The lowest BCUT2D eigenvalue weighted by atomic mass is 10.1. The van der Waals surface area contributed by atoms with Crippen LogP contribution in [0.3, 0.4) is 0 Å². The maximum Gasteiger partial charge on any atom is 0.262 e. The van der Waals surface area contributed by atoms with E-state index >= 15 is 0 Å². The van der Waals surface area contributed by atoms with Crippen molar-refractivity contribution in [2.24, 2.45) is 0 Å². The highest BCUT2D eigenvalue weighted by molar-refractivity contribution is 14.1. The van der Waals surface area contributed by atoms with Gasteiger partial charge in [0, 0.05) is 0 Å². The molecule has 34 heavy (non-hydrogen) atoms. The molecule has 4 nitrogen and oxygen atoms in total. The normalized spacial score (nSPS) is 12.1. The molecule has 4 aromatic carbocycles. The fraction of sp³-hybridized carbons (Fsp3) is 0.103. The maximum absolute atomic E-state index is 12.7. The first-order valence-corrected chi connectivity index (χ1v) is 12.0. The Morgan fingerprint density at radius 1 is 1.03 bits per heavy atom. The number of benzene rings is 4. The second-order valence-corrected chi connectivity index (χ2v) is 9.05. The van der Waals surface area contributed by atoms with Crippen LogP contribution in [-0.4, -0.2) is 5.91 Å². The molecule has 4 rings (SSSR count). The molecule has 0 bridgehead atoms. The molecule has 0 aliphatic rings. The molecule has 0 aromatic heterocycles. The lowest BCUT2D eigenvalue weighted by molar-refractivity contribution is -0.117. The van der Waals surface area contributed by atoms with E-state index in [1.165, 1.54) is 10.8 Å². The van der Waals surface area contributed by atoms with Gasteiger partial charge in [0.05, 0.1) is 9.61 Å². The molecule has 0 heterocycles. The smallest absolute Gasteiger partial charge is 0.262 e. The number of rotatable bonds is 7. The van der Waals surface area contributed by atoms with E-state index in [1.807, 2.05) is 79.7 Å². The molecule has 5 heteroatoms. The van der Waals surface area contributed by atoms with Gasteiger partial charge in [0.15, 0.2) is 0 Å². The highest BCUT2D eigenvalue weighted by atomic mass is 127. The Balaban J connectivity index is 1.46. The number of carbonyl (C=O) groups excluding carboxylic acids is 1. The van der Waals surface area contributed by atoms with E-state index in [-0.39, 0.29) is 11.6 Å². The number of amides is 1. The molecule has 1 amide bonds. The summed E-state index contributed by atoms with van der Waals surface area (Å²) in [6.07, 6.45) is 1.60. The summed E-state index contributed by atoms with van der Waals surface area (Å²) in [6, 6.07) is 31.6. The summed E-state index contributed by atoms with van der Waals surface area (Å²) in [4.78, 5) is 12.7. The van der Waals surface area contributed by atoms with Gasteiger partial charge in [0.1, 0.15) is 24.0 Å². The molecule has 1 atom stereocenters. The van der Waals surface area contributed by atoms with Crippen molar-refractivity contribution in [3.63, 3.8) is 0 Å². The van der Waals surface area contributed by atoms with Crippen LogP contribution < -0.4 is 10.1 Å². The van der Waals surface area contributed by atoms with Crippen molar-refractivity contribution in [1.29, 1.82) is 5.26 Å². The number of fused-ring (bicyclic) bond motifs is 1. The average molecular weight is 558 g/mol. The Bertz CT molecular complexity index is 1390. The molecule has 0 aliphatic heterocycles. The molecule has 0 saturated carbocycles. The molecule has 1 N–H and O–H groups in total. The molecule has 4 aromatic rings. The van der Waals surface area contributed by atoms with Gasteiger partial charge in [0.25, 0.3) is 5.91 Å². The second kappa shape index (κ2) is 11.0. The molecule has 0 aliphatic carbocycles. The summed E-state index contributed by atoms with van der Waals surface area (Å²) < 4.78 is 7.00. The van der Waals surface area contributed by atoms with E-state index in [9.17, 15) is 10.1 Å². The van der Waals surface area contributed by atoms with Gasteiger partial charge in [-0.3, -0.25) is 4.79 Å². The van der Waals surface area contributed by atoms with Crippen molar-refractivity contribution in [2.45, 2.75) is 19.6 Å². The molecular formula is C29H23IN2O2. The molecule has 0 spiro atoms. The van der Waals surface area contributed by atoms with Gasteiger partial charge in [-0.15, -0.1) is 0 Å². The third-order valence-corrected chi connectivity index (χ3v) is 6.39. The fourth-order valence-corrected chi connectivity index (χ4v) is 4.41. The minimum absolute atomic E-state index is 0.0583. The summed E-state index contributed by atoms with van der Waals surface area (Å²) in [5.41, 5.74) is 2.92. The van der Waals surface area contributed by atoms with Crippen molar-refractivity contribution in [1.82, 2.24) is 5.32 Å². The lowest BCUT2D eigenvalue weighted by Crippen LogP contribution is -2.27. The number of halogens is 1. The zero-order valence-electron chi connectivity index (χ0n) is 18.7. The first-order valence-electron chi connectivity index (χ1n) is 10.9. The highest BCUT2D eigenvalue weighted by Gasteiger charge is 2.14. The highest BCUT2D eigenvalue weighted by Crippen LogP contribution is 2.26. The van der Waals surface area contributed by atoms with Crippen LogP contribution in [0.25, 0.3) is 16.8 Å². The number of nitriles is 1. The standard InChI is InChI=1S/C29H23IN2O2/c1-20(22-8-3-2-4-9-22)32-29(33)25(18-31)16-21-14-15-28(27(30)17-21)34-19-24-12-7-11-23-10-5-6-13-26(23)24/h2-17,20H,19H2,1H3,(H,32,33)/b25-16-/t20-/m1/s1. The molecular weight excluding hydrogens is 535 g/mol. The predicted octanol–water partition coefficient (Wildman–Crippen LogP) is 6.81. The number of nitrogens with zero attached hydrogens (tertiary/aromatic N) is 1. The second-order valence-electron chi connectivity index (χ2n) is 7.89. The van der Waals surface area contributed by atoms with Crippen LogP contribution in [0.2, 0.25) is 0 Å². The monoisotopic (exact) mass is 558 g/mol. The summed E-state index contributed by atoms with van der Waals surface area (Å²) >= 11 is 2.21. The van der Waals surface area contributed by atoms with Crippen LogP contribution in [0.15, 0.2) is 96.6 Å². The minimum Gasteiger partial charge on any atom is -0.488 e. The van der Waals surface area contributed by atoms with Gasteiger partial charge in [0.2, 0.25) is 0 Å². The predicted molar refractivity (Wildman–Crippen MR) is 144 cm³/mol. The summed E-state index contributed by atoms with van der Waals surface area (Å²) in [5, 5.41) is 14.8. The van der Waals surface area contributed by atoms with Crippen LogP contribution in [0, 0.1) is 14.9 Å². The Kier molecular flexibility index (Phi) is 7.61. The van der Waals surface area contributed by atoms with Crippen molar-refractivity contribution in [2.75, 3.05) is 0 Å². The van der Waals surface area contributed by atoms with Gasteiger partial charge < -0.3 is 10.1 Å². The van der Waals surface area contributed by atoms with E-state index in [4.69, 9.17) is 4.74 Å². The van der Waals surface area contributed by atoms with E-state index < -0.39 is 5.91 Å². The number of ether oxygens (including phenoxy) is 1. The summed E-state index contributed by atoms with van der Waals surface area (Å²) in [6.45, 7) is 2.35. The van der Waals surface area contributed by atoms with E-state index in [2.05, 4.69) is 52.2 Å². The van der Waals surface area contributed by atoms with Crippen LogP contribution >= 0.6 is 22.6 Å². The molecule has 168 valence electrons. The van der Waals surface area contributed by atoms with Crippen LogP contribution in [0.4, 0.5) is 0 Å². The largest absolute Gasteiger partial charge is 0.488 e. The molecule has 0 saturated heterocycles. The minimum atomic E-state index is -0.398. The quantitative estimate of drug-likeness (QED) is 0.154. The zero-order chi connectivity index (χ0) is 23.9. The number of hydrogen-bond acceptors (Lipinski definition) is 3. The topological polar surface area (TPSA) is 62.1 Å². The van der Waals surface area contributed by atoms with Gasteiger partial charge >= 0.3 is 0 Å². The first-order chi connectivity index (χ1) is 16.5. The Labute approximate surface area is 213 Å². The Morgan fingerprint density at radius 3 is 2.53 bits per heavy atom. The van der Waals surface area contributed by atoms with Crippen molar-refractivity contribution in [3.05, 3.63) is 117 Å². The van der Waals surface area contributed by atoms with Crippen LogP contribution in [0.5, 0.6) is 5.75 Å². The number of nitrogens with one attached hydrogen (secondary N) is 1. The van der Waals surface area contributed by atoms with Crippen molar-refractivity contribution in [3.8, 4) is 11.8 Å². The van der Waals surface area contributed by atoms with E-state index in [0.29, 0.717) is 6.61 Å². The third-order valence-electron chi connectivity index (χ3n) is 5.54.